The van der Waals surface area contributed by atoms with E-state index < -0.39 is 0 Å². The average molecular weight is 273 g/mol. The largest absolute Gasteiger partial charge is 0.337 e. The molecule has 0 amide bonds. The Morgan fingerprint density at radius 2 is 1.24 bits per heavy atom. The van der Waals surface area contributed by atoms with Crippen molar-refractivity contribution in [2.75, 3.05) is 4.90 Å². The molecule has 0 aliphatic heterocycles. The average Bonchev–Trinajstić information content (AvgIpc) is 2.54. The number of nitrogens with zero attached hydrogens (tertiary/aromatic N) is 1. The summed E-state index contributed by atoms with van der Waals surface area (Å²) in [5.41, 5.74) is 5.05. The molecular weight excluding hydrogens is 254 g/mol. The molecule has 0 aromatic heterocycles. The Hall–Kier alpha value is -2.54. The van der Waals surface area contributed by atoms with Crippen LogP contribution < -0.4 is 4.90 Å². The summed E-state index contributed by atoms with van der Waals surface area (Å²) in [6, 6.07) is 29.8. The first kappa shape index (κ1) is 13.4. The number of benzene rings is 3. The van der Waals surface area contributed by atoms with Gasteiger partial charge in [0.15, 0.2) is 0 Å². The van der Waals surface area contributed by atoms with Crippen LogP contribution in [0, 0.1) is 6.92 Å². The van der Waals surface area contributed by atoms with Crippen molar-refractivity contribution in [3.8, 4) is 0 Å². The van der Waals surface area contributed by atoms with Crippen molar-refractivity contribution in [2.45, 2.75) is 13.5 Å². The van der Waals surface area contributed by atoms with E-state index in [-0.39, 0.29) is 0 Å². The van der Waals surface area contributed by atoms with Crippen LogP contribution in [-0.4, -0.2) is 0 Å². The fourth-order valence-electron chi connectivity index (χ4n) is 2.54. The Balaban J connectivity index is 1.97. The Kier molecular flexibility index (Phi) is 4.02. The summed E-state index contributed by atoms with van der Waals surface area (Å²) in [6.07, 6.45) is 0. The van der Waals surface area contributed by atoms with Crippen LogP contribution in [0.2, 0.25) is 0 Å². The first-order valence-electron chi connectivity index (χ1n) is 7.26. The quantitative estimate of drug-likeness (QED) is 0.620. The molecule has 3 aromatic rings. The fraction of sp³-hybridized carbons (Fsp3) is 0.100. The van der Waals surface area contributed by atoms with Gasteiger partial charge in [-0.2, -0.15) is 0 Å². The Bertz CT molecular complexity index is 650. The molecule has 0 saturated carbocycles. The van der Waals surface area contributed by atoms with Gasteiger partial charge in [0.25, 0.3) is 0 Å². The summed E-state index contributed by atoms with van der Waals surface area (Å²) in [5, 5.41) is 0. The second-order valence-electron chi connectivity index (χ2n) is 5.25. The van der Waals surface area contributed by atoms with Crippen LogP contribution in [0.3, 0.4) is 0 Å². The van der Waals surface area contributed by atoms with E-state index >= 15 is 0 Å². The van der Waals surface area contributed by atoms with Gasteiger partial charge in [-0.1, -0.05) is 66.2 Å². The van der Waals surface area contributed by atoms with Crippen molar-refractivity contribution < 1.29 is 0 Å². The highest BCUT2D eigenvalue weighted by Gasteiger charge is 2.09. The third-order valence-corrected chi connectivity index (χ3v) is 3.56. The molecule has 0 aliphatic rings. The van der Waals surface area contributed by atoms with Gasteiger partial charge in [0, 0.05) is 17.9 Å². The van der Waals surface area contributed by atoms with Gasteiger partial charge in [-0.05, 0) is 36.8 Å². The predicted molar refractivity (Wildman–Crippen MR) is 89.9 cm³/mol. The Morgan fingerprint density at radius 1 is 0.667 bits per heavy atom. The number of para-hydroxylation sites is 2. The van der Waals surface area contributed by atoms with Gasteiger partial charge in [0.05, 0.1) is 0 Å². The molecular formula is C20H19N. The summed E-state index contributed by atoms with van der Waals surface area (Å²) >= 11 is 0. The minimum Gasteiger partial charge on any atom is -0.337 e. The molecule has 3 rings (SSSR count). The van der Waals surface area contributed by atoms with Crippen LogP contribution in [0.1, 0.15) is 11.1 Å². The van der Waals surface area contributed by atoms with Crippen LogP contribution >= 0.6 is 0 Å². The van der Waals surface area contributed by atoms with Gasteiger partial charge in [-0.3, -0.25) is 0 Å². The van der Waals surface area contributed by atoms with E-state index in [0.29, 0.717) is 0 Å². The SMILES string of the molecule is Cc1cccc(CN(c2ccccc2)c2ccccc2)c1. The smallest absolute Gasteiger partial charge is 0.0481 e. The Morgan fingerprint density at radius 3 is 1.76 bits per heavy atom. The summed E-state index contributed by atoms with van der Waals surface area (Å²) in [5.74, 6) is 0. The molecule has 1 heteroatoms. The molecule has 0 saturated heterocycles. The summed E-state index contributed by atoms with van der Waals surface area (Å²) < 4.78 is 0. The molecule has 0 N–H and O–H groups in total. The van der Waals surface area contributed by atoms with Crippen LogP contribution in [0.5, 0.6) is 0 Å². The first-order chi connectivity index (χ1) is 10.3. The summed E-state index contributed by atoms with van der Waals surface area (Å²) in [6.45, 7) is 3.01. The molecule has 1 nitrogen and oxygen atoms in total. The maximum atomic E-state index is 2.34. The molecule has 104 valence electrons. The van der Waals surface area contributed by atoms with Crippen molar-refractivity contribution in [3.05, 3.63) is 96.1 Å². The highest BCUT2D eigenvalue weighted by atomic mass is 15.1. The zero-order valence-corrected chi connectivity index (χ0v) is 12.2. The molecule has 0 aliphatic carbocycles. The third-order valence-electron chi connectivity index (χ3n) is 3.56. The lowest BCUT2D eigenvalue weighted by atomic mass is 10.1. The number of rotatable bonds is 4. The highest BCUT2D eigenvalue weighted by Crippen LogP contribution is 2.27. The monoisotopic (exact) mass is 273 g/mol. The second kappa shape index (κ2) is 6.27. The maximum absolute atomic E-state index is 2.34. The van der Waals surface area contributed by atoms with E-state index in [2.05, 4.69) is 96.8 Å². The van der Waals surface area contributed by atoms with E-state index in [0.717, 1.165) is 6.54 Å². The molecule has 0 atom stereocenters. The molecule has 0 heterocycles. The third kappa shape index (κ3) is 3.32. The number of hydrogen-bond acceptors (Lipinski definition) is 1. The maximum Gasteiger partial charge on any atom is 0.0481 e. The lowest BCUT2D eigenvalue weighted by Gasteiger charge is -2.25. The van der Waals surface area contributed by atoms with Crippen molar-refractivity contribution >= 4 is 11.4 Å². The molecule has 0 unspecified atom stereocenters. The first-order valence-corrected chi connectivity index (χ1v) is 7.26. The van der Waals surface area contributed by atoms with Gasteiger partial charge in [-0.15, -0.1) is 0 Å². The standard InChI is InChI=1S/C20H19N/c1-17-9-8-10-18(15-17)16-21(19-11-4-2-5-12-19)20-13-6-3-7-14-20/h2-15H,16H2,1H3. The van der Waals surface area contributed by atoms with Crippen molar-refractivity contribution in [1.82, 2.24) is 0 Å². The van der Waals surface area contributed by atoms with Crippen LogP contribution in [0.15, 0.2) is 84.9 Å². The van der Waals surface area contributed by atoms with Gasteiger partial charge < -0.3 is 4.90 Å². The van der Waals surface area contributed by atoms with Crippen LogP contribution in [0.25, 0.3) is 0 Å². The minimum atomic E-state index is 0.871. The van der Waals surface area contributed by atoms with Gasteiger partial charge >= 0.3 is 0 Å². The van der Waals surface area contributed by atoms with Crippen molar-refractivity contribution in [1.29, 1.82) is 0 Å². The van der Waals surface area contributed by atoms with Gasteiger partial charge in [-0.25, -0.2) is 0 Å². The van der Waals surface area contributed by atoms with Crippen LogP contribution in [0.4, 0.5) is 11.4 Å². The zero-order chi connectivity index (χ0) is 14.5. The number of anilines is 2. The van der Waals surface area contributed by atoms with Crippen molar-refractivity contribution in [2.24, 2.45) is 0 Å². The lowest BCUT2D eigenvalue weighted by Crippen LogP contribution is -2.16. The molecule has 0 radical (unpaired) electrons. The van der Waals surface area contributed by atoms with Crippen molar-refractivity contribution in [3.63, 3.8) is 0 Å². The van der Waals surface area contributed by atoms with Crippen LogP contribution in [-0.2, 0) is 6.54 Å². The lowest BCUT2D eigenvalue weighted by molar-refractivity contribution is 0.973. The van der Waals surface area contributed by atoms with Gasteiger partial charge in [0.1, 0.15) is 0 Å². The van der Waals surface area contributed by atoms with E-state index in [9.17, 15) is 0 Å². The van der Waals surface area contributed by atoms with E-state index in [1.165, 1.54) is 22.5 Å². The van der Waals surface area contributed by atoms with Gasteiger partial charge in [0.2, 0.25) is 0 Å². The van der Waals surface area contributed by atoms with E-state index in [1.54, 1.807) is 0 Å². The highest BCUT2D eigenvalue weighted by molar-refractivity contribution is 5.63. The zero-order valence-electron chi connectivity index (χ0n) is 12.2. The normalized spacial score (nSPS) is 10.3. The molecule has 0 fully saturated rings. The van der Waals surface area contributed by atoms with E-state index in [1.807, 2.05) is 0 Å². The summed E-state index contributed by atoms with van der Waals surface area (Å²) in [7, 11) is 0. The molecule has 21 heavy (non-hydrogen) atoms. The Labute approximate surface area is 126 Å². The van der Waals surface area contributed by atoms with E-state index in [4.69, 9.17) is 0 Å². The number of hydrogen-bond donors (Lipinski definition) is 0. The molecule has 3 aromatic carbocycles. The summed E-state index contributed by atoms with van der Waals surface area (Å²) in [4.78, 5) is 2.34. The fourth-order valence-corrected chi connectivity index (χ4v) is 2.54. The number of aryl methyl sites for hydroxylation is 1. The predicted octanol–water partition coefficient (Wildman–Crippen LogP) is 5.33. The molecule has 0 spiro atoms. The topological polar surface area (TPSA) is 3.24 Å². The molecule has 0 bridgehead atoms. The second-order valence-corrected chi connectivity index (χ2v) is 5.25. The minimum absolute atomic E-state index is 0.871.